The predicted molar refractivity (Wildman–Crippen MR) is 108 cm³/mol. The van der Waals surface area contributed by atoms with Crippen molar-refractivity contribution in [2.75, 3.05) is 36.5 Å². The minimum absolute atomic E-state index is 0.266. The largest absolute Gasteiger partial charge is 0.378 e. The standard InChI is InChI=1S/C21H21FN6O/c1-13(16-7-15(11-23)8-17(22)9-16)25-21-18-10-20(28-3-5-29-6-4-28)24-12-19(18)14(2)26-27-21/h7-10,12-13H,3-6H2,1-2H3,(H,25,27)/t13-/m1/s1. The van der Waals surface area contributed by atoms with Gasteiger partial charge in [-0.15, -0.1) is 5.10 Å². The third-order valence-corrected chi connectivity index (χ3v) is 5.07. The number of benzene rings is 1. The monoisotopic (exact) mass is 392 g/mol. The molecule has 0 saturated carbocycles. The summed E-state index contributed by atoms with van der Waals surface area (Å²) in [5.74, 6) is 1.02. The van der Waals surface area contributed by atoms with Crippen LogP contribution in [-0.4, -0.2) is 41.5 Å². The molecule has 29 heavy (non-hydrogen) atoms. The Morgan fingerprint density at radius 2 is 1.97 bits per heavy atom. The van der Waals surface area contributed by atoms with Crippen LogP contribution in [0.1, 0.15) is 29.8 Å². The smallest absolute Gasteiger partial charge is 0.157 e. The Morgan fingerprint density at radius 3 is 2.72 bits per heavy atom. The molecule has 0 aliphatic carbocycles. The molecule has 1 aliphatic rings. The second-order valence-corrected chi connectivity index (χ2v) is 7.07. The molecule has 0 unspecified atom stereocenters. The van der Waals surface area contributed by atoms with Gasteiger partial charge in [-0.3, -0.25) is 0 Å². The highest BCUT2D eigenvalue weighted by Gasteiger charge is 2.17. The van der Waals surface area contributed by atoms with Crippen molar-refractivity contribution in [2.24, 2.45) is 0 Å². The van der Waals surface area contributed by atoms with E-state index in [-0.39, 0.29) is 11.6 Å². The van der Waals surface area contributed by atoms with E-state index in [1.54, 1.807) is 6.07 Å². The number of halogens is 1. The van der Waals surface area contributed by atoms with E-state index in [0.717, 1.165) is 35.4 Å². The molecule has 0 bridgehead atoms. The predicted octanol–water partition coefficient (Wildman–Crippen LogP) is 3.35. The summed E-state index contributed by atoms with van der Waals surface area (Å²) in [6.07, 6.45) is 1.82. The summed E-state index contributed by atoms with van der Waals surface area (Å²) in [6, 6.07) is 8.04. The first-order valence-corrected chi connectivity index (χ1v) is 9.48. The van der Waals surface area contributed by atoms with E-state index >= 15 is 0 Å². The topological polar surface area (TPSA) is 87.0 Å². The van der Waals surface area contributed by atoms with Crippen molar-refractivity contribution in [3.63, 3.8) is 0 Å². The van der Waals surface area contributed by atoms with Gasteiger partial charge in [-0.1, -0.05) is 0 Å². The van der Waals surface area contributed by atoms with Crippen molar-refractivity contribution in [1.29, 1.82) is 5.26 Å². The Kier molecular flexibility index (Phi) is 5.23. The fraction of sp³-hybridized carbons (Fsp3) is 0.333. The molecule has 7 nitrogen and oxygen atoms in total. The molecule has 0 amide bonds. The van der Waals surface area contributed by atoms with E-state index in [4.69, 9.17) is 10.00 Å². The van der Waals surface area contributed by atoms with Crippen LogP contribution in [0.3, 0.4) is 0 Å². The van der Waals surface area contributed by atoms with Gasteiger partial charge in [0.05, 0.1) is 36.6 Å². The number of ether oxygens (including phenoxy) is 1. The number of nitrogens with one attached hydrogen (secondary N) is 1. The van der Waals surface area contributed by atoms with Crippen LogP contribution in [-0.2, 0) is 4.74 Å². The maximum Gasteiger partial charge on any atom is 0.157 e. The van der Waals surface area contributed by atoms with Gasteiger partial charge in [0.1, 0.15) is 11.6 Å². The molecule has 1 aromatic carbocycles. The van der Waals surface area contributed by atoms with E-state index in [1.165, 1.54) is 12.1 Å². The molecule has 148 valence electrons. The number of pyridine rings is 1. The van der Waals surface area contributed by atoms with E-state index in [1.807, 2.05) is 32.2 Å². The molecule has 3 aromatic rings. The van der Waals surface area contributed by atoms with Crippen LogP contribution in [0, 0.1) is 24.1 Å². The second-order valence-electron chi connectivity index (χ2n) is 7.07. The van der Waals surface area contributed by atoms with Crippen molar-refractivity contribution in [3.8, 4) is 6.07 Å². The number of hydrogen-bond donors (Lipinski definition) is 1. The van der Waals surface area contributed by atoms with Crippen molar-refractivity contribution >= 4 is 22.4 Å². The van der Waals surface area contributed by atoms with Crippen LogP contribution < -0.4 is 10.2 Å². The van der Waals surface area contributed by atoms with Gasteiger partial charge in [0, 0.05) is 30.1 Å². The Balaban J connectivity index is 1.70. The number of hydrogen-bond acceptors (Lipinski definition) is 7. The fourth-order valence-electron chi connectivity index (χ4n) is 3.45. The van der Waals surface area contributed by atoms with Gasteiger partial charge < -0.3 is 15.0 Å². The van der Waals surface area contributed by atoms with Crippen LogP contribution in [0.15, 0.2) is 30.5 Å². The molecule has 8 heteroatoms. The van der Waals surface area contributed by atoms with Gasteiger partial charge >= 0.3 is 0 Å². The van der Waals surface area contributed by atoms with E-state index in [9.17, 15) is 4.39 Å². The molecule has 1 saturated heterocycles. The third kappa shape index (κ3) is 3.96. The van der Waals surface area contributed by atoms with Crippen molar-refractivity contribution in [3.05, 3.63) is 53.1 Å². The van der Waals surface area contributed by atoms with Gasteiger partial charge in [0.25, 0.3) is 0 Å². The molecular weight excluding hydrogens is 371 g/mol. The molecular formula is C21H21FN6O. The minimum Gasteiger partial charge on any atom is -0.378 e. The maximum atomic E-state index is 13.8. The van der Waals surface area contributed by atoms with Crippen molar-refractivity contribution in [2.45, 2.75) is 19.9 Å². The molecule has 4 rings (SSSR count). The van der Waals surface area contributed by atoms with Gasteiger partial charge in [-0.2, -0.15) is 10.4 Å². The number of nitriles is 1. The van der Waals surface area contributed by atoms with E-state index in [0.29, 0.717) is 24.6 Å². The third-order valence-electron chi connectivity index (χ3n) is 5.07. The number of rotatable bonds is 4. The average molecular weight is 392 g/mol. The quantitative estimate of drug-likeness (QED) is 0.728. The lowest BCUT2D eigenvalue weighted by Gasteiger charge is -2.28. The fourth-order valence-corrected chi connectivity index (χ4v) is 3.45. The number of nitrogens with zero attached hydrogens (tertiary/aromatic N) is 5. The summed E-state index contributed by atoms with van der Waals surface area (Å²) in [5, 5.41) is 22.8. The summed E-state index contributed by atoms with van der Waals surface area (Å²) < 4.78 is 19.3. The van der Waals surface area contributed by atoms with Gasteiger partial charge in [0.2, 0.25) is 0 Å². The van der Waals surface area contributed by atoms with Crippen LogP contribution in [0.25, 0.3) is 10.8 Å². The van der Waals surface area contributed by atoms with Crippen molar-refractivity contribution in [1.82, 2.24) is 15.2 Å². The number of aromatic nitrogens is 3. The first-order valence-electron chi connectivity index (χ1n) is 9.48. The highest BCUT2D eigenvalue weighted by Crippen LogP contribution is 2.29. The normalized spacial score (nSPS) is 15.2. The number of aryl methyl sites for hydroxylation is 1. The molecule has 2 aromatic heterocycles. The zero-order chi connectivity index (χ0) is 20.4. The lowest BCUT2D eigenvalue weighted by molar-refractivity contribution is 0.122. The minimum atomic E-state index is -0.439. The summed E-state index contributed by atoms with van der Waals surface area (Å²) in [5.41, 5.74) is 1.74. The highest BCUT2D eigenvalue weighted by molar-refractivity contribution is 5.94. The molecule has 1 N–H and O–H groups in total. The Labute approximate surface area is 168 Å². The van der Waals surface area contributed by atoms with Gasteiger partial charge in [-0.05, 0) is 43.7 Å². The summed E-state index contributed by atoms with van der Waals surface area (Å²) in [7, 11) is 0. The summed E-state index contributed by atoms with van der Waals surface area (Å²) in [4.78, 5) is 6.77. The molecule has 0 spiro atoms. The van der Waals surface area contributed by atoms with E-state index in [2.05, 4.69) is 25.4 Å². The molecule has 1 aliphatic heterocycles. The maximum absolute atomic E-state index is 13.8. The average Bonchev–Trinajstić information content (AvgIpc) is 2.75. The first-order chi connectivity index (χ1) is 14.0. The SMILES string of the molecule is Cc1nnc(N[C@H](C)c2cc(F)cc(C#N)c2)c2cc(N3CCOCC3)ncc12. The van der Waals surface area contributed by atoms with Crippen molar-refractivity contribution < 1.29 is 9.13 Å². The summed E-state index contributed by atoms with van der Waals surface area (Å²) in [6.45, 7) is 6.72. The van der Waals surface area contributed by atoms with Gasteiger partial charge in [0.15, 0.2) is 5.82 Å². The number of morpholine rings is 1. The molecule has 1 fully saturated rings. The Bertz CT molecular complexity index is 1090. The first kappa shape index (κ1) is 19.0. The second kappa shape index (κ2) is 7.97. The van der Waals surface area contributed by atoms with Crippen LogP contribution in [0.4, 0.5) is 16.0 Å². The number of fused-ring (bicyclic) bond motifs is 1. The zero-order valence-electron chi connectivity index (χ0n) is 16.3. The lowest BCUT2D eigenvalue weighted by atomic mass is 10.0. The Morgan fingerprint density at radius 1 is 1.17 bits per heavy atom. The zero-order valence-corrected chi connectivity index (χ0v) is 16.3. The highest BCUT2D eigenvalue weighted by atomic mass is 19.1. The summed E-state index contributed by atoms with van der Waals surface area (Å²) >= 11 is 0. The van der Waals surface area contributed by atoms with Crippen LogP contribution in [0.5, 0.6) is 0 Å². The van der Waals surface area contributed by atoms with E-state index < -0.39 is 5.82 Å². The number of anilines is 2. The molecule has 0 radical (unpaired) electrons. The van der Waals surface area contributed by atoms with Crippen LogP contribution in [0.2, 0.25) is 0 Å². The lowest BCUT2D eigenvalue weighted by Crippen LogP contribution is -2.36. The Hall–Kier alpha value is -3.31. The van der Waals surface area contributed by atoms with Crippen LogP contribution >= 0.6 is 0 Å². The molecule has 3 heterocycles. The molecule has 1 atom stereocenters. The van der Waals surface area contributed by atoms with Gasteiger partial charge in [-0.25, -0.2) is 9.37 Å².